The van der Waals surface area contributed by atoms with Gasteiger partial charge < -0.3 is 24.0 Å². The highest BCUT2D eigenvalue weighted by Gasteiger charge is 2.42. The summed E-state index contributed by atoms with van der Waals surface area (Å²) in [7, 11) is 3.48. The summed E-state index contributed by atoms with van der Waals surface area (Å²) >= 11 is 7.19. The molecule has 3 aliphatic rings. The van der Waals surface area contributed by atoms with Crippen molar-refractivity contribution in [3.05, 3.63) is 125 Å². The van der Waals surface area contributed by atoms with Crippen molar-refractivity contribution in [3.8, 4) is 22.6 Å². The van der Waals surface area contributed by atoms with E-state index in [9.17, 15) is 9.59 Å². The Morgan fingerprint density at radius 3 is 2.14 bits per heavy atom. The number of anilines is 1. The summed E-state index contributed by atoms with van der Waals surface area (Å²) in [6.07, 6.45) is 0.542. The molecule has 302 valence electrons. The Hall–Kier alpha value is -5.09. The summed E-state index contributed by atoms with van der Waals surface area (Å²) in [5, 5.41) is 2.63. The van der Waals surface area contributed by atoms with E-state index in [0.717, 1.165) is 66.7 Å². The lowest BCUT2D eigenvalue weighted by atomic mass is 9.89. The van der Waals surface area contributed by atoms with E-state index >= 15 is 0 Å². The number of methoxy groups -OCH3 is 1. The molecule has 9 nitrogen and oxygen atoms in total. The molecule has 2 fully saturated rings. The number of halogens is 1. The van der Waals surface area contributed by atoms with E-state index in [1.165, 1.54) is 11.1 Å². The zero-order chi connectivity index (χ0) is 40.6. The highest BCUT2D eigenvalue weighted by Crippen LogP contribution is 2.45. The van der Waals surface area contributed by atoms with Crippen LogP contribution in [-0.2, 0) is 9.53 Å². The van der Waals surface area contributed by atoms with Gasteiger partial charge in [0.1, 0.15) is 17.1 Å². The van der Waals surface area contributed by atoms with Gasteiger partial charge in [0.2, 0.25) is 0 Å². The van der Waals surface area contributed by atoms with E-state index in [1.54, 1.807) is 12.0 Å². The molecule has 10 heteroatoms. The third-order valence-electron chi connectivity index (χ3n) is 11.7. The SMILES string of the molecule is COc1cc(-c2cc3c(cc2Cl)N(CC2CN(C(c4ccccc4)c4ccccc4)C2)C(=O)C(CN2CCC(N(C)C(=O)OC(C)(C)C)CC2)O3)c2ccccc2c1. The number of likely N-dealkylation sites (tertiary alicyclic amines) is 2. The van der Waals surface area contributed by atoms with Gasteiger partial charge in [-0.3, -0.25) is 14.6 Å². The largest absolute Gasteiger partial charge is 0.497 e. The van der Waals surface area contributed by atoms with Gasteiger partial charge >= 0.3 is 6.09 Å². The minimum Gasteiger partial charge on any atom is -0.497 e. The molecular formula is C48H53ClN4O5. The molecule has 0 saturated carbocycles. The highest BCUT2D eigenvalue weighted by molar-refractivity contribution is 6.34. The molecule has 5 aromatic rings. The summed E-state index contributed by atoms with van der Waals surface area (Å²) in [5.41, 5.74) is 4.40. The molecule has 8 rings (SSSR count). The fourth-order valence-corrected chi connectivity index (χ4v) is 9.02. The molecule has 1 atom stereocenters. The van der Waals surface area contributed by atoms with Crippen molar-refractivity contribution in [3.63, 3.8) is 0 Å². The van der Waals surface area contributed by atoms with Crippen molar-refractivity contribution >= 4 is 40.1 Å². The van der Waals surface area contributed by atoms with Gasteiger partial charge in [-0.25, -0.2) is 4.79 Å². The zero-order valence-electron chi connectivity index (χ0n) is 34.1. The number of amides is 2. The van der Waals surface area contributed by atoms with Crippen LogP contribution < -0.4 is 14.4 Å². The number of rotatable bonds is 10. The van der Waals surface area contributed by atoms with Gasteiger partial charge in [0, 0.05) is 63.8 Å². The van der Waals surface area contributed by atoms with Crippen LogP contribution in [0, 0.1) is 5.92 Å². The number of ether oxygens (including phenoxy) is 3. The molecule has 0 radical (unpaired) electrons. The summed E-state index contributed by atoms with van der Waals surface area (Å²) in [4.78, 5) is 35.9. The van der Waals surface area contributed by atoms with Crippen molar-refractivity contribution in [1.82, 2.24) is 14.7 Å². The van der Waals surface area contributed by atoms with Crippen LogP contribution in [-0.4, -0.2) is 97.9 Å². The third-order valence-corrected chi connectivity index (χ3v) is 12.1. The average molecular weight is 801 g/mol. The lowest BCUT2D eigenvalue weighted by molar-refractivity contribution is -0.127. The molecule has 0 aliphatic carbocycles. The number of piperidine rings is 1. The fraction of sp³-hybridized carbons (Fsp3) is 0.375. The second-order valence-electron chi connectivity index (χ2n) is 16.9. The van der Waals surface area contributed by atoms with Crippen LogP contribution in [0.1, 0.15) is 50.8 Å². The standard InChI is InChI=1S/C48H53ClN4O5/c1-48(2,3)58-47(55)50(4)36-20-22-51(23-21-36)31-44-46(54)53(30-32-28-52(29-32)45(33-14-8-6-9-15-33)34-16-10-7-11-17-34)42-27-41(49)40(26-43(42)57-44)39-25-37(56-5)24-35-18-12-13-19-38(35)39/h6-19,24-27,32,36,44-45H,20-23,28-31H2,1-5H3. The van der Waals surface area contributed by atoms with Gasteiger partial charge in [-0.2, -0.15) is 0 Å². The van der Waals surface area contributed by atoms with Crippen LogP contribution in [0.3, 0.4) is 0 Å². The lowest BCUT2D eigenvalue weighted by Gasteiger charge is -2.47. The molecule has 0 N–H and O–H groups in total. The predicted octanol–water partition coefficient (Wildman–Crippen LogP) is 9.32. The maximum absolute atomic E-state index is 14.6. The number of carbonyl (C=O) groups is 2. The first kappa shape index (κ1) is 39.7. The van der Waals surface area contributed by atoms with Crippen molar-refractivity contribution in [2.24, 2.45) is 5.92 Å². The third kappa shape index (κ3) is 8.39. The van der Waals surface area contributed by atoms with Crippen molar-refractivity contribution in [1.29, 1.82) is 0 Å². The molecule has 2 amide bonds. The summed E-state index contributed by atoms with van der Waals surface area (Å²) in [6, 6.07) is 37.6. The Balaban J connectivity index is 1.06. The Labute approximate surface area is 347 Å². The maximum Gasteiger partial charge on any atom is 0.410 e. The van der Waals surface area contributed by atoms with Crippen molar-refractivity contribution < 1.29 is 23.8 Å². The second-order valence-corrected chi connectivity index (χ2v) is 17.3. The summed E-state index contributed by atoms with van der Waals surface area (Å²) < 4.78 is 18.1. The number of hydrogen-bond acceptors (Lipinski definition) is 7. The number of carbonyl (C=O) groups excluding carboxylic acids is 2. The number of fused-ring (bicyclic) bond motifs is 2. The van der Waals surface area contributed by atoms with Gasteiger partial charge in [0.25, 0.3) is 5.91 Å². The molecule has 58 heavy (non-hydrogen) atoms. The van der Waals surface area contributed by atoms with Crippen LogP contribution in [0.4, 0.5) is 10.5 Å². The molecule has 1 unspecified atom stereocenters. The minimum atomic E-state index is -0.707. The monoisotopic (exact) mass is 800 g/mol. The Kier molecular flexibility index (Phi) is 11.4. The van der Waals surface area contributed by atoms with Gasteiger partial charge in [0.15, 0.2) is 6.10 Å². The molecule has 3 aliphatic heterocycles. The predicted molar refractivity (Wildman–Crippen MR) is 231 cm³/mol. The number of benzene rings is 5. The Morgan fingerprint density at radius 2 is 1.50 bits per heavy atom. The van der Waals surface area contributed by atoms with Crippen LogP contribution in [0.15, 0.2) is 109 Å². The molecule has 5 aromatic carbocycles. The van der Waals surface area contributed by atoms with Crippen molar-refractivity contribution in [2.75, 3.05) is 58.3 Å². The first-order chi connectivity index (χ1) is 28.0. The zero-order valence-corrected chi connectivity index (χ0v) is 34.8. The maximum atomic E-state index is 14.6. The molecule has 0 aromatic heterocycles. The van der Waals surface area contributed by atoms with E-state index < -0.39 is 11.7 Å². The summed E-state index contributed by atoms with van der Waals surface area (Å²) in [6.45, 7) is 9.80. The van der Waals surface area contributed by atoms with Crippen LogP contribution in [0.2, 0.25) is 5.02 Å². The smallest absolute Gasteiger partial charge is 0.410 e. The van der Waals surface area contributed by atoms with E-state index in [1.807, 2.05) is 69.1 Å². The minimum absolute atomic E-state index is 0.0581. The second kappa shape index (κ2) is 16.6. The topological polar surface area (TPSA) is 74.8 Å². The van der Waals surface area contributed by atoms with E-state index in [0.29, 0.717) is 29.5 Å². The molecular weight excluding hydrogens is 748 g/mol. The Bertz CT molecular complexity index is 2210. The van der Waals surface area contributed by atoms with Crippen LogP contribution in [0.25, 0.3) is 21.9 Å². The summed E-state index contributed by atoms with van der Waals surface area (Å²) in [5.74, 6) is 1.57. The van der Waals surface area contributed by atoms with Crippen molar-refractivity contribution in [2.45, 2.75) is 57.4 Å². The van der Waals surface area contributed by atoms with E-state index in [4.69, 9.17) is 25.8 Å². The highest BCUT2D eigenvalue weighted by atomic mass is 35.5. The molecule has 2 saturated heterocycles. The van der Waals surface area contributed by atoms with Gasteiger partial charge in [0.05, 0.1) is 23.9 Å². The average Bonchev–Trinajstić information content (AvgIpc) is 3.21. The normalized spacial score (nSPS) is 18.2. The van der Waals surface area contributed by atoms with E-state index in [-0.39, 0.29) is 30.0 Å². The lowest BCUT2D eigenvalue weighted by Crippen LogP contribution is -2.58. The molecule has 0 bridgehead atoms. The Morgan fingerprint density at radius 1 is 0.862 bits per heavy atom. The quantitative estimate of drug-likeness (QED) is 0.139. The van der Waals surface area contributed by atoms with Crippen LogP contribution >= 0.6 is 11.6 Å². The first-order valence-corrected chi connectivity index (χ1v) is 20.7. The van der Waals surface area contributed by atoms with Crippen LogP contribution in [0.5, 0.6) is 11.5 Å². The first-order valence-electron chi connectivity index (χ1n) is 20.4. The van der Waals surface area contributed by atoms with Gasteiger partial charge in [-0.05, 0) is 85.3 Å². The number of nitrogens with zero attached hydrogens (tertiary/aromatic N) is 4. The van der Waals surface area contributed by atoms with E-state index in [2.05, 4.69) is 82.6 Å². The molecule has 3 heterocycles. The fourth-order valence-electron chi connectivity index (χ4n) is 8.76. The van der Waals surface area contributed by atoms with Gasteiger partial charge in [-0.1, -0.05) is 96.5 Å². The van der Waals surface area contributed by atoms with Gasteiger partial charge in [-0.15, -0.1) is 0 Å². The molecule has 0 spiro atoms. The number of hydrogen-bond donors (Lipinski definition) is 0.